The fraction of sp³-hybridized carbons (Fsp3) is 0.320. The van der Waals surface area contributed by atoms with Crippen LogP contribution in [0, 0.1) is 0 Å². The van der Waals surface area contributed by atoms with Gasteiger partial charge in [0.15, 0.2) is 0 Å². The van der Waals surface area contributed by atoms with E-state index in [9.17, 15) is 0 Å². The Morgan fingerprint density at radius 1 is 0.857 bits per heavy atom. The van der Waals surface area contributed by atoms with Crippen LogP contribution in [0.3, 0.4) is 0 Å². The minimum Gasteiger partial charge on any atom is -0.264 e. The third-order valence-corrected chi connectivity index (χ3v) is 4.95. The second kappa shape index (κ2) is 11.1. The van der Waals surface area contributed by atoms with E-state index in [0.717, 1.165) is 11.4 Å². The first-order valence-electron chi connectivity index (χ1n) is 9.91. The van der Waals surface area contributed by atoms with Gasteiger partial charge in [-0.25, -0.2) is 0 Å². The van der Waals surface area contributed by atoms with Gasteiger partial charge in [0.05, 0.1) is 7.85 Å². The first-order valence-corrected chi connectivity index (χ1v) is 10.3. The summed E-state index contributed by atoms with van der Waals surface area (Å²) < 4.78 is 0. The SMILES string of the molecule is CC(C)c1cncc(C(C)C)c1.[B]CCc1ccccc1-c1ccc(Cl)cc1. The number of hydrogen-bond acceptors (Lipinski definition) is 1. The number of aryl methyl sites for hydroxylation is 1. The Labute approximate surface area is 176 Å². The summed E-state index contributed by atoms with van der Waals surface area (Å²) in [5, 5.41) is 0.764. The Kier molecular flexibility index (Phi) is 8.79. The minimum atomic E-state index is 0.580. The van der Waals surface area contributed by atoms with Gasteiger partial charge >= 0.3 is 0 Å². The fourth-order valence-corrected chi connectivity index (χ4v) is 3.04. The van der Waals surface area contributed by atoms with E-state index in [1.165, 1.54) is 27.8 Å². The smallest absolute Gasteiger partial charge is 0.0657 e. The van der Waals surface area contributed by atoms with Crippen LogP contribution >= 0.6 is 11.6 Å². The molecule has 0 N–H and O–H groups in total. The maximum absolute atomic E-state index is 5.88. The molecule has 0 bridgehead atoms. The summed E-state index contributed by atoms with van der Waals surface area (Å²) in [5.41, 5.74) is 6.38. The molecule has 2 aromatic carbocycles. The molecule has 1 heterocycles. The van der Waals surface area contributed by atoms with Crippen molar-refractivity contribution in [1.29, 1.82) is 0 Å². The van der Waals surface area contributed by atoms with Gasteiger partial charge in [0.25, 0.3) is 0 Å². The van der Waals surface area contributed by atoms with Gasteiger partial charge in [0.1, 0.15) is 0 Å². The van der Waals surface area contributed by atoms with Crippen LogP contribution in [-0.2, 0) is 6.42 Å². The molecule has 0 aliphatic heterocycles. The minimum absolute atomic E-state index is 0.580. The van der Waals surface area contributed by atoms with E-state index < -0.39 is 0 Å². The molecular formula is C25H29BClN. The first-order chi connectivity index (χ1) is 13.4. The summed E-state index contributed by atoms with van der Waals surface area (Å²) in [6.07, 6.45) is 5.48. The maximum Gasteiger partial charge on any atom is 0.0657 e. The van der Waals surface area contributed by atoms with Crippen molar-refractivity contribution in [1.82, 2.24) is 4.98 Å². The average molecular weight is 390 g/mol. The predicted octanol–water partition coefficient (Wildman–Crippen LogP) is 7.46. The van der Waals surface area contributed by atoms with Crippen LogP contribution in [0.1, 0.15) is 56.2 Å². The number of benzene rings is 2. The van der Waals surface area contributed by atoms with Crippen LogP contribution in [0.2, 0.25) is 11.3 Å². The van der Waals surface area contributed by atoms with Crippen LogP contribution < -0.4 is 0 Å². The Hall–Kier alpha value is -2.06. The van der Waals surface area contributed by atoms with Crippen molar-refractivity contribution in [3.05, 3.63) is 88.7 Å². The van der Waals surface area contributed by atoms with Gasteiger partial charge in [-0.15, -0.1) is 0 Å². The first kappa shape index (κ1) is 22.2. The van der Waals surface area contributed by atoms with Gasteiger partial charge in [0, 0.05) is 17.4 Å². The van der Waals surface area contributed by atoms with Gasteiger partial charge in [-0.3, -0.25) is 4.98 Å². The average Bonchev–Trinajstić information content (AvgIpc) is 2.70. The molecule has 0 saturated carbocycles. The molecule has 0 spiro atoms. The third-order valence-electron chi connectivity index (χ3n) is 4.70. The highest BCUT2D eigenvalue weighted by molar-refractivity contribution is 6.30. The van der Waals surface area contributed by atoms with Crippen LogP contribution in [0.5, 0.6) is 0 Å². The molecule has 0 aliphatic carbocycles. The van der Waals surface area contributed by atoms with Crippen molar-refractivity contribution >= 4 is 19.4 Å². The van der Waals surface area contributed by atoms with Gasteiger partial charge in [-0.1, -0.05) is 88.1 Å². The summed E-state index contributed by atoms with van der Waals surface area (Å²) in [7, 11) is 5.61. The number of halogens is 1. The van der Waals surface area contributed by atoms with E-state index in [4.69, 9.17) is 19.4 Å². The van der Waals surface area contributed by atoms with Crippen LogP contribution in [0.15, 0.2) is 67.0 Å². The Morgan fingerprint density at radius 3 is 1.96 bits per heavy atom. The zero-order valence-electron chi connectivity index (χ0n) is 17.3. The van der Waals surface area contributed by atoms with Crippen molar-refractivity contribution < 1.29 is 0 Å². The molecule has 28 heavy (non-hydrogen) atoms. The number of aromatic nitrogens is 1. The highest BCUT2D eigenvalue weighted by atomic mass is 35.5. The van der Waals surface area contributed by atoms with Gasteiger partial charge < -0.3 is 0 Å². The molecule has 0 saturated heterocycles. The van der Waals surface area contributed by atoms with Crippen LogP contribution in [0.25, 0.3) is 11.1 Å². The molecule has 1 aromatic heterocycles. The largest absolute Gasteiger partial charge is 0.264 e. The quantitative estimate of drug-likeness (QED) is 0.412. The van der Waals surface area contributed by atoms with E-state index in [-0.39, 0.29) is 0 Å². The van der Waals surface area contributed by atoms with Gasteiger partial charge in [-0.2, -0.15) is 0 Å². The number of rotatable bonds is 5. The van der Waals surface area contributed by atoms with Crippen molar-refractivity contribution in [2.24, 2.45) is 0 Å². The number of pyridine rings is 1. The molecular weight excluding hydrogens is 361 g/mol. The molecule has 0 aliphatic rings. The summed E-state index contributed by atoms with van der Waals surface area (Å²) in [5.74, 6) is 1.16. The zero-order chi connectivity index (χ0) is 20.5. The lowest BCUT2D eigenvalue weighted by Crippen LogP contribution is -1.94. The lowest BCUT2D eigenvalue weighted by molar-refractivity contribution is 0.820. The Morgan fingerprint density at radius 2 is 1.43 bits per heavy atom. The number of nitrogens with zero attached hydrogens (tertiary/aromatic N) is 1. The molecule has 3 rings (SSSR count). The van der Waals surface area contributed by atoms with Crippen molar-refractivity contribution in [2.45, 2.75) is 52.3 Å². The highest BCUT2D eigenvalue weighted by Gasteiger charge is 2.04. The van der Waals surface area contributed by atoms with Gasteiger partial charge in [-0.05, 0) is 58.2 Å². The topological polar surface area (TPSA) is 12.9 Å². The molecule has 0 amide bonds. The van der Waals surface area contributed by atoms with E-state index in [1.54, 1.807) is 0 Å². The van der Waals surface area contributed by atoms with E-state index in [2.05, 4.69) is 50.9 Å². The zero-order valence-corrected chi connectivity index (χ0v) is 18.1. The molecule has 3 aromatic rings. The van der Waals surface area contributed by atoms with E-state index >= 15 is 0 Å². The molecule has 0 unspecified atom stereocenters. The lowest BCUT2D eigenvalue weighted by atomic mass is 9.92. The Bertz CT molecular complexity index is 833. The van der Waals surface area contributed by atoms with Crippen LogP contribution in [0.4, 0.5) is 0 Å². The molecule has 1 nitrogen and oxygen atoms in total. The van der Waals surface area contributed by atoms with Crippen molar-refractivity contribution in [3.8, 4) is 11.1 Å². The Balaban J connectivity index is 0.000000209. The highest BCUT2D eigenvalue weighted by Crippen LogP contribution is 2.25. The summed E-state index contributed by atoms with van der Waals surface area (Å²) >= 11 is 5.88. The fourth-order valence-electron chi connectivity index (χ4n) is 2.91. The summed E-state index contributed by atoms with van der Waals surface area (Å²) in [4.78, 5) is 4.23. The monoisotopic (exact) mass is 389 g/mol. The van der Waals surface area contributed by atoms with E-state index in [1.807, 2.05) is 48.8 Å². The maximum atomic E-state index is 5.88. The number of hydrogen-bond donors (Lipinski definition) is 0. The second-order valence-electron chi connectivity index (χ2n) is 7.56. The molecule has 0 fully saturated rings. The summed E-state index contributed by atoms with van der Waals surface area (Å²) in [6.45, 7) is 8.78. The normalized spacial score (nSPS) is 10.7. The second-order valence-corrected chi connectivity index (χ2v) is 8.00. The van der Waals surface area contributed by atoms with Gasteiger partial charge in [0.2, 0.25) is 0 Å². The third kappa shape index (κ3) is 6.53. The van der Waals surface area contributed by atoms with Crippen molar-refractivity contribution in [2.75, 3.05) is 0 Å². The van der Waals surface area contributed by atoms with Crippen molar-refractivity contribution in [3.63, 3.8) is 0 Å². The molecule has 0 atom stereocenters. The molecule has 3 heteroatoms. The molecule has 2 radical (unpaired) electrons. The van der Waals surface area contributed by atoms with E-state index in [0.29, 0.717) is 18.2 Å². The van der Waals surface area contributed by atoms with Crippen LogP contribution in [-0.4, -0.2) is 12.8 Å². The predicted molar refractivity (Wildman–Crippen MR) is 124 cm³/mol. The molecule has 144 valence electrons. The summed E-state index contributed by atoms with van der Waals surface area (Å²) in [6, 6.07) is 18.5. The standard InChI is InChI=1S/C14H12BCl.C11H17N/c15-10-9-11-3-1-2-4-14(11)12-5-7-13(16)8-6-12;1-8(2)10-5-11(9(3)4)7-12-6-10/h1-8H,9-10H2;5-9H,1-4H3. The lowest BCUT2D eigenvalue weighted by Gasteiger charge is -2.09.